The summed E-state index contributed by atoms with van der Waals surface area (Å²) < 4.78 is 5.05. The molecular weight excluding hydrogens is 238 g/mol. The van der Waals surface area contributed by atoms with Crippen molar-refractivity contribution in [2.45, 2.75) is 13.5 Å². The summed E-state index contributed by atoms with van der Waals surface area (Å²) in [7, 11) is 0. The average molecular weight is 253 g/mol. The van der Waals surface area contributed by atoms with Gasteiger partial charge in [0.15, 0.2) is 0 Å². The van der Waals surface area contributed by atoms with Gasteiger partial charge in [0.05, 0.1) is 0 Å². The highest BCUT2D eigenvalue weighted by Gasteiger charge is 2.00. The second-order valence-corrected chi connectivity index (χ2v) is 4.15. The molecule has 0 aliphatic carbocycles. The Morgan fingerprint density at radius 2 is 1.79 bits per heavy atom. The Kier molecular flexibility index (Phi) is 4.45. The third kappa shape index (κ3) is 4.07. The summed E-state index contributed by atoms with van der Waals surface area (Å²) in [5.74, 6) is 0. The van der Waals surface area contributed by atoms with Crippen molar-refractivity contribution in [1.82, 2.24) is 0 Å². The molecule has 0 atom stereocenters. The highest BCUT2D eigenvalue weighted by atomic mass is 16.5. The Hall–Kier alpha value is -2.42. The van der Waals surface area contributed by atoms with Gasteiger partial charge in [-0.05, 0) is 23.6 Å². The molecule has 0 heterocycles. The van der Waals surface area contributed by atoms with Crippen molar-refractivity contribution < 1.29 is 9.53 Å². The number of carbonyl (C=O) groups is 1. The van der Waals surface area contributed by atoms with Gasteiger partial charge in [-0.3, -0.25) is 0 Å². The van der Waals surface area contributed by atoms with Crippen LogP contribution in [0.5, 0.6) is 0 Å². The van der Waals surface area contributed by atoms with Gasteiger partial charge in [-0.2, -0.15) is 4.99 Å². The number of nitrogens with zero attached hydrogens (tertiary/aromatic N) is 1. The smallest absolute Gasteiger partial charge is 0.433 e. The van der Waals surface area contributed by atoms with E-state index in [9.17, 15) is 4.79 Å². The van der Waals surface area contributed by atoms with Crippen LogP contribution in [0.25, 0.3) is 0 Å². The number of hydrogen-bond acceptors (Lipinski definition) is 2. The number of amides is 1. The number of hydrogen-bond donors (Lipinski definition) is 0. The Balaban J connectivity index is 1.90. The molecule has 0 N–H and O–H groups in total. The van der Waals surface area contributed by atoms with Crippen LogP contribution in [0, 0.1) is 6.92 Å². The van der Waals surface area contributed by atoms with Gasteiger partial charge in [-0.1, -0.05) is 54.6 Å². The molecule has 0 aliphatic heterocycles. The van der Waals surface area contributed by atoms with E-state index in [1.54, 1.807) is 0 Å². The standard InChI is InChI=1S/C16H15NO2/c1-13-7-5-6-10-15(13)11-17-16(18)19-12-14-8-3-2-4-9-14/h2-11H,12H2,1H3/b17-11+. The van der Waals surface area contributed by atoms with Crippen molar-refractivity contribution in [3.05, 3.63) is 71.3 Å². The summed E-state index contributed by atoms with van der Waals surface area (Å²) in [5.41, 5.74) is 2.93. The zero-order chi connectivity index (χ0) is 13.5. The van der Waals surface area contributed by atoms with Crippen molar-refractivity contribution >= 4 is 12.3 Å². The van der Waals surface area contributed by atoms with Crippen molar-refractivity contribution in [3.63, 3.8) is 0 Å². The van der Waals surface area contributed by atoms with Gasteiger partial charge >= 0.3 is 6.09 Å². The van der Waals surface area contributed by atoms with Crippen LogP contribution >= 0.6 is 0 Å². The number of rotatable bonds is 3. The van der Waals surface area contributed by atoms with Crippen molar-refractivity contribution in [2.24, 2.45) is 4.99 Å². The second-order valence-electron chi connectivity index (χ2n) is 4.15. The first-order valence-electron chi connectivity index (χ1n) is 6.06. The van der Waals surface area contributed by atoms with Crippen LogP contribution in [0.4, 0.5) is 4.79 Å². The van der Waals surface area contributed by atoms with Crippen LogP contribution in [-0.2, 0) is 11.3 Å². The van der Waals surface area contributed by atoms with Gasteiger partial charge in [-0.15, -0.1) is 0 Å². The third-order valence-corrected chi connectivity index (χ3v) is 2.70. The molecule has 96 valence electrons. The summed E-state index contributed by atoms with van der Waals surface area (Å²) in [6, 6.07) is 17.3. The zero-order valence-electron chi connectivity index (χ0n) is 10.7. The molecular formula is C16H15NO2. The predicted molar refractivity (Wildman–Crippen MR) is 75.4 cm³/mol. The molecule has 0 saturated heterocycles. The van der Waals surface area contributed by atoms with E-state index in [-0.39, 0.29) is 6.61 Å². The Morgan fingerprint density at radius 1 is 1.11 bits per heavy atom. The van der Waals surface area contributed by atoms with E-state index in [0.29, 0.717) is 0 Å². The van der Waals surface area contributed by atoms with Gasteiger partial charge in [0.1, 0.15) is 6.61 Å². The van der Waals surface area contributed by atoms with E-state index in [4.69, 9.17) is 4.74 Å². The summed E-state index contributed by atoms with van der Waals surface area (Å²) in [6.07, 6.45) is 0.954. The maximum atomic E-state index is 11.5. The molecule has 19 heavy (non-hydrogen) atoms. The van der Waals surface area contributed by atoms with Crippen molar-refractivity contribution in [1.29, 1.82) is 0 Å². The van der Waals surface area contributed by atoms with Crippen molar-refractivity contribution in [2.75, 3.05) is 0 Å². The second kappa shape index (κ2) is 6.50. The highest BCUT2D eigenvalue weighted by molar-refractivity contribution is 5.89. The molecule has 0 aromatic heterocycles. The lowest BCUT2D eigenvalue weighted by molar-refractivity contribution is 0.151. The van der Waals surface area contributed by atoms with Crippen LogP contribution in [0.2, 0.25) is 0 Å². The van der Waals surface area contributed by atoms with E-state index in [1.165, 1.54) is 6.21 Å². The first kappa shape index (κ1) is 13.0. The largest absolute Gasteiger partial charge is 0.443 e. The molecule has 3 heteroatoms. The minimum Gasteiger partial charge on any atom is -0.443 e. The third-order valence-electron chi connectivity index (χ3n) is 2.70. The van der Waals surface area contributed by atoms with E-state index in [2.05, 4.69) is 4.99 Å². The van der Waals surface area contributed by atoms with E-state index in [1.807, 2.05) is 61.5 Å². The normalized spacial score (nSPS) is 10.6. The summed E-state index contributed by atoms with van der Waals surface area (Å²) in [6.45, 7) is 2.21. The molecule has 0 saturated carbocycles. The number of carbonyl (C=O) groups excluding carboxylic acids is 1. The van der Waals surface area contributed by atoms with Crippen LogP contribution in [0.15, 0.2) is 59.6 Å². The Morgan fingerprint density at radius 3 is 2.53 bits per heavy atom. The molecule has 2 aromatic carbocycles. The van der Waals surface area contributed by atoms with Crippen molar-refractivity contribution in [3.8, 4) is 0 Å². The quantitative estimate of drug-likeness (QED) is 0.781. The highest BCUT2D eigenvalue weighted by Crippen LogP contribution is 2.05. The fourth-order valence-corrected chi connectivity index (χ4v) is 1.61. The summed E-state index contributed by atoms with van der Waals surface area (Å²) in [4.78, 5) is 15.3. The summed E-state index contributed by atoms with van der Waals surface area (Å²) >= 11 is 0. The van der Waals surface area contributed by atoms with Crippen LogP contribution in [0.1, 0.15) is 16.7 Å². The van der Waals surface area contributed by atoms with Gasteiger partial charge < -0.3 is 4.74 Å². The first-order valence-corrected chi connectivity index (χ1v) is 6.06. The molecule has 0 radical (unpaired) electrons. The minimum absolute atomic E-state index is 0.241. The predicted octanol–water partition coefficient (Wildman–Crippen LogP) is 3.75. The fourth-order valence-electron chi connectivity index (χ4n) is 1.61. The molecule has 2 aromatic rings. The lowest BCUT2D eigenvalue weighted by atomic mass is 10.1. The molecule has 0 unspecified atom stereocenters. The van der Waals surface area contributed by atoms with Crippen LogP contribution in [0.3, 0.4) is 0 Å². The molecule has 0 fully saturated rings. The van der Waals surface area contributed by atoms with Gasteiger partial charge in [0.2, 0.25) is 0 Å². The van der Waals surface area contributed by atoms with Gasteiger partial charge in [0.25, 0.3) is 0 Å². The number of aryl methyl sites for hydroxylation is 1. The summed E-state index contributed by atoms with van der Waals surface area (Å²) in [5, 5.41) is 0. The number of ether oxygens (including phenoxy) is 1. The molecule has 2 rings (SSSR count). The van der Waals surface area contributed by atoms with E-state index in [0.717, 1.165) is 16.7 Å². The maximum Gasteiger partial charge on any atom is 0.433 e. The molecule has 3 nitrogen and oxygen atoms in total. The lowest BCUT2D eigenvalue weighted by Crippen LogP contribution is -2.00. The monoisotopic (exact) mass is 253 g/mol. The Bertz CT molecular complexity index is 576. The van der Waals surface area contributed by atoms with E-state index >= 15 is 0 Å². The zero-order valence-corrected chi connectivity index (χ0v) is 10.7. The molecule has 0 spiro atoms. The fraction of sp³-hybridized carbons (Fsp3) is 0.125. The maximum absolute atomic E-state index is 11.5. The van der Waals surface area contributed by atoms with Crippen LogP contribution in [-0.4, -0.2) is 12.3 Å². The molecule has 0 bridgehead atoms. The van der Waals surface area contributed by atoms with Gasteiger partial charge in [-0.25, -0.2) is 4.79 Å². The lowest BCUT2D eigenvalue weighted by Gasteiger charge is -2.01. The Labute approximate surface area is 112 Å². The molecule has 1 amide bonds. The minimum atomic E-state index is -0.577. The SMILES string of the molecule is Cc1ccccc1/C=N/C(=O)OCc1ccccc1. The van der Waals surface area contributed by atoms with Crippen LogP contribution < -0.4 is 0 Å². The first-order chi connectivity index (χ1) is 9.25. The van der Waals surface area contributed by atoms with Gasteiger partial charge in [0, 0.05) is 6.21 Å². The number of benzene rings is 2. The average Bonchev–Trinajstić information content (AvgIpc) is 2.45. The number of aliphatic imine (C=N–C) groups is 1. The van der Waals surface area contributed by atoms with E-state index < -0.39 is 6.09 Å². The topological polar surface area (TPSA) is 38.7 Å². The molecule has 0 aliphatic rings.